The summed E-state index contributed by atoms with van der Waals surface area (Å²) in [6.07, 6.45) is 1.29. The number of rotatable bonds is 9. The van der Waals surface area contributed by atoms with Crippen molar-refractivity contribution < 1.29 is 23.1 Å². The fraction of sp³-hybridized carbons (Fsp3) is 0.200. The summed E-state index contributed by atoms with van der Waals surface area (Å²) >= 11 is 0. The predicted molar refractivity (Wildman–Crippen MR) is 128 cm³/mol. The van der Waals surface area contributed by atoms with Crippen molar-refractivity contribution in [1.82, 2.24) is 20.6 Å². The first kappa shape index (κ1) is 24.1. The minimum Gasteiger partial charge on any atom is -0.507 e. The van der Waals surface area contributed by atoms with E-state index in [9.17, 15) is 18.3 Å². The number of tetrazole rings is 1. The van der Waals surface area contributed by atoms with E-state index in [1.165, 1.54) is 31.2 Å². The molecular weight excluding hydrogens is 468 g/mol. The summed E-state index contributed by atoms with van der Waals surface area (Å²) in [6.45, 7) is 3.45. The van der Waals surface area contributed by atoms with Crippen molar-refractivity contribution in [2.24, 2.45) is 0 Å². The number of phenolic OH excluding ortho intramolecular Hbond substituents is 1. The fourth-order valence-corrected chi connectivity index (χ4v) is 5.09. The minimum absolute atomic E-state index is 0.0744. The summed E-state index contributed by atoms with van der Waals surface area (Å²) in [5, 5.41) is 24.2. The Bertz CT molecular complexity index is 1470. The van der Waals surface area contributed by atoms with Crippen molar-refractivity contribution in [2.75, 3.05) is 0 Å². The number of ketones is 1. The predicted octanol–water partition coefficient (Wildman–Crippen LogP) is 4.14. The first-order valence-corrected chi connectivity index (χ1v) is 12.5. The number of aromatic hydroxyl groups is 1. The van der Waals surface area contributed by atoms with Crippen LogP contribution in [0.15, 0.2) is 70.5 Å². The van der Waals surface area contributed by atoms with Gasteiger partial charge in [0.05, 0.1) is 15.4 Å². The molecule has 4 rings (SSSR count). The van der Waals surface area contributed by atoms with E-state index in [0.717, 1.165) is 6.42 Å². The first-order valence-electron chi connectivity index (χ1n) is 11.0. The van der Waals surface area contributed by atoms with Gasteiger partial charge in [-0.1, -0.05) is 37.6 Å². The van der Waals surface area contributed by atoms with Crippen molar-refractivity contribution in [3.05, 3.63) is 77.4 Å². The number of sulfone groups is 1. The molecule has 0 aliphatic carbocycles. The Morgan fingerprint density at radius 2 is 1.80 bits per heavy atom. The number of phenols is 1. The zero-order valence-electron chi connectivity index (χ0n) is 19.2. The van der Waals surface area contributed by atoms with Gasteiger partial charge in [0.15, 0.2) is 5.78 Å². The number of nitrogens with one attached hydrogen (secondary N) is 1. The lowest BCUT2D eigenvalue weighted by atomic mass is 10.0. The largest absolute Gasteiger partial charge is 0.507 e. The monoisotopic (exact) mass is 492 g/mol. The molecule has 1 aromatic heterocycles. The molecule has 0 aliphatic heterocycles. The maximum Gasteiger partial charge on any atom is 0.206 e. The molecule has 0 fully saturated rings. The standard InChI is InChI=1S/C25H24N4O5S/c1-3-6-22-23(12-11-21(16(2)30)24(22)31)34-15-17-7-4-9-19(13-17)35(32,33)20-10-5-8-18(14-20)25-26-28-29-27-25/h4-5,7-14,31H,3,6,15H2,1-2H3,(H,26,27,28,29). The first-order chi connectivity index (χ1) is 16.8. The molecule has 35 heavy (non-hydrogen) atoms. The molecule has 10 heteroatoms. The summed E-state index contributed by atoms with van der Waals surface area (Å²) in [6, 6.07) is 16.0. The average Bonchev–Trinajstić information content (AvgIpc) is 3.40. The molecule has 0 amide bonds. The summed E-state index contributed by atoms with van der Waals surface area (Å²) in [5.41, 5.74) is 1.97. The molecule has 0 radical (unpaired) electrons. The van der Waals surface area contributed by atoms with Gasteiger partial charge < -0.3 is 9.84 Å². The van der Waals surface area contributed by atoms with Gasteiger partial charge in [-0.2, -0.15) is 5.21 Å². The molecule has 0 spiro atoms. The van der Waals surface area contributed by atoms with E-state index in [2.05, 4.69) is 20.6 Å². The molecule has 0 saturated heterocycles. The Morgan fingerprint density at radius 1 is 1.06 bits per heavy atom. The number of nitrogens with zero attached hydrogens (tertiary/aromatic N) is 3. The van der Waals surface area contributed by atoms with Crippen LogP contribution in [0.5, 0.6) is 11.5 Å². The topological polar surface area (TPSA) is 135 Å². The summed E-state index contributed by atoms with van der Waals surface area (Å²) in [5.74, 6) is 0.448. The van der Waals surface area contributed by atoms with Crippen LogP contribution < -0.4 is 4.74 Å². The maximum absolute atomic E-state index is 13.3. The van der Waals surface area contributed by atoms with Crippen molar-refractivity contribution in [3.8, 4) is 22.9 Å². The number of ether oxygens (including phenoxy) is 1. The van der Waals surface area contributed by atoms with E-state index in [1.807, 2.05) is 6.92 Å². The summed E-state index contributed by atoms with van der Waals surface area (Å²) < 4.78 is 32.5. The van der Waals surface area contributed by atoms with E-state index in [4.69, 9.17) is 4.74 Å². The highest BCUT2D eigenvalue weighted by Crippen LogP contribution is 2.33. The number of Topliss-reactive ketones (excluding diaryl/α,β-unsaturated/α-hetero) is 1. The molecule has 180 valence electrons. The quantitative estimate of drug-likeness (QED) is 0.333. The number of hydrogen-bond donors (Lipinski definition) is 2. The van der Waals surface area contributed by atoms with Crippen LogP contribution in [-0.2, 0) is 22.9 Å². The number of H-pyrrole nitrogens is 1. The second kappa shape index (κ2) is 10.1. The Hall–Kier alpha value is -4.05. The molecule has 0 atom stereocenters. The highest BCUT2D eigenvalue weighted by atomic mass is 32.2. The molecule has 9 nitrogen and oxygen atoms in total. The third-order valence-electron chi connectivity index (χ3n) is 5.47. The van der Waals surface area contributed by atoms with Crippen LogP contribution in [0, 0.1) is 0 Å². The van der Waals surface area contributed by atoms with Crippen LogP contribution in [0.4, 0.5) is 0 Å². The van der Waals surface area contributed by atoms with Gasteiger partial charge >= 0.3 is 0 Å². The third kappa shape index (κ3) is 5.07. The highest BCUT2D eigenvalue weighted by molar-refractivity contribution is 7.91. The van der Waals surface area contributed by atoms with E-state index in [-0.39, 0.29) is 33.5 Å². The number of benzene rings is 3. The second-order valence-electron chi connectivity index (χ2n) is 7.95. The van der Waals surface area contributed by atoms with Crippen LogP contribution in [0.25, 0.3) is 11.4 Å². The average molecular weight is 493 g/mol. The van der Waals surface area contributed by atoms with Gasteiger partial charge in [0.2, 0.25) is 15.7 Å². The molecule has 2 N–H and O–H groups in total. The normalized spacial score (nSPS) is 11.4. The molecule has 3 aromatic carbocycles. The lowest BCUT2D eigenvalue weighted by Crippen LogP contribution is -2.05. The van der Waals surface area contributed by atoms with Crippen LogP contribution in [0.3, 0.4) is 0 Å². The zero-order valence-corrected chi connectivity index (χ0v) is 20.0. The number of aromatic nitrogens is 4. The van der Waals surface area contributed by atoms with Crippen molar-refractivity contribution in [3.63, 3.8) is 0 Å². The van der Waals surface area contributed by atoms with Crippen LogP contribution >= 0.6 is 0 Å². The molecular formula is C25H24N4O5S. The summed E-state index contributed by atoms with van der Waals surface area (Å²) in [7, 11) is -3.82. The second-order valence-corrected chi connectivity index (χ2v) is 9.90. The third-order valence-corrected chi connectivity index (χ3v) is 7.22. The van der Waals surface area contributed by atoms with Gasteiger partial charge in [-0.15, -0.1) is 10.2 Å². The Morgan fingerprint density at radius 3 is 2.49 bits per heavy atom. The van der Waals surface area contributed by atoms with Gasteiger partial charge in [-0.25, -0.2) is 8.42 Å². The Kier molecular flexibility index (Phi) is 6.92. The SMILES string of the molecule is CCCc1c(OCc2cccc(S(=O)(=O)c3cccc(-c4nn[nH]n4)c3)c2)ccc(C(C)=O)c1O. The fourth-order valence-electron chi connectivity index (χ4n) is 3.71. The van der Waals surface area contributed by atoms with Gasteiger partial charge in [-0.05, 0) is 60.5 Å². The maximum atomic E-state index is 13.3. The van der Waals surface area contributed by atoms with Crippen molar-refractivity contribution in [1.29, 1.82) is 0 Å². The minimum atomic E-state index is -3.82. The van der Waals surface area contributed by atoms with E-state index in [1.54, 1.807) is 36.4 Å². The smallest absolute Gasteiger partial charge is 0.206 e. The molecule has 0 unspecified atom stereocenters. The number of carbonyl (C=O) groups is 1. The van der Waals surface area contributed by atoms with Crippen molar-refractivity contribution >= 4 is 15.6 Å². The lowest BCUT2D eigenvalue weighted by molar-refractivity contribution is 0.101. The van der Waals surface area contributed by atoms with Gasteiger partial charge in [-0.3, -0.25) is 4.79 Å². The van der Waals surface area contributed by atoms with E-state index in [0.29, 0.717) is 34.7 Å². The highest BCUT2D eigenvalue weighted by Gasteiger charge is 2.20. The lowest BCUT2D eigenvalue weighted by Gasteiger charge is -2.15. The molecule has 0 bridgehead atoms. The van der Waals surface area contributed by atoms with E-state index < -0.39 is 9.84 Å². The van der Waals surface area contributed by atoms with Crippen LogP contribution in [-0.4, -0.2) is 39.9 Å². The number of aromatic amines is 1. The van der Waals surface area contributed by atoms with Gasteiger partial charge in [0.25, 0.3) is 0 Å². The molecule has 4 aromatic rings. The summed E-state index contributed by atoms with van der Waals surface area (Å²) in [4.78, 5) is 12.0. The van der Waals surface area contributed by atoms with Crippen LogP contribution in [0.2, 0.25) is 0 Å². The Labute approximate surface area is 202 Å². The molecule has 0 saturated carbocycles. The van der Waals surface area contributed by atoms with Gasteiger partial charge in [0, 0.05) is 11.1 Å². The van der Waals surface area contributed by atoms with Gasteiger partial charge in [0.1, 0.15) is 18.1 Å². The van der Waals surface area contributed by atoms with Crippen molar-refractivity contribution in [2.45, 2.75) is 43.1 Å². The molecule has 0 aliphatic rings. The number of hydrogen-bond acceptors (Lipinski definition) is 8. The van der Waals surface area contributed by atoms with Crippen LogP contribution in [0.1, 0.15) is 41.8 Å². The number of carbonyl (C=O) groups excluding carboxylic acids is 1. The Balaban J connectivity index is 1.59. The zero-order chi connectivity index (χ0) is 25.0. The molecule has 1 heterocycles. The van der Waals surface area contributed by atoms with E-state index >= 15 is 0 Å².